The fraction of sp³-hybridized carbons (Fsp3) is 0.296. The molecule has 0 atom stereocenters. The molecule has 9 nitrogen and oxygen atoms in total. The predicted molar refractivity (Wildman–Crippen MR) is 141 cm³/mol. The number of amides is 1. The summed E-state index contributed by atoms with van der Waals surface area (Å²) in [5.74, 6) is 0.891. The van der Waals surface area contributed by atoms with Gasteiger partial charge in [0, 0.05) is 0 Å². The van der Waals surface area contributed by atoms with Gasteiger partial charge in [-0.25, -0.2) is 4.79 Å². The summed E-state index contributed by atoms with van der Waals surface area (Å²) in [5.41, 5.74) is -1.57. The van der Waals surface area contributed by atoms with Crippen LogP contribution in [0, 0.1) is 4.77 Å². The Hall–Kier alpha value is -3.89. The second-order valence-corrected chi connectivity index (χ2v) is 10.3. The van der Waals surface area contributed by atoms with Crippen LogP contribution in [0.3, 0.4) is 0 Å². The first-order chi connectivity index (χ1) is 17.4. The Balaban J connectivity index is 1.71. The van der Waals surface area contributed by atoms with Gasteiger partial charge in [-0.3, -0.25) is 19.2 Å². The largest absolute Gasteiger partial charge is 0.494 e. The Morgan fingerprint density at radius 3 is 2.35 bits per heavy atom. The molecular weight excluding hydrogens is 494 g/mol. The van der Waals surface area contributed by atoms with E-state index in [1.807, 2.05) is 30.3 Å². The molecule has 4 rings (SSSR count). The number of aromatic amines is 1. The smallest absolute Gasteiger partial charge is 0.416 e. The average Bonchev–Trinajstić information content (AvgIpc) is 3.11. The SMILES string of the molecule is CC(C)(C)OC(=O)N1C(=Cc2c(O)n(-c3ccc(Oc4ccccc4)cc3)c(=S)[nH]c2=O)COC1(C)C. The molecule has 194 valence electrons. The van der Waals surface area contributed by atoms with E-state index in [1.54, 1.807) is 58.9 Å². The van der Waals surface area contributed by atoms with E-state index in [9.17, 15) is 14.7 Å². The highest BCUT2D eigenvalue weighted by atomic mass is 32.1. The van der Waals surface area contributed by atoms with Crippen LogP contribution in [0.2, 0.25) is 0 Å². The van der Waals surface area contributed by atoms with Crippen LogP contribution in [0.5, 0.6) is 17.4 Å². The number of aromatic hydroxyl groups is 1. The minimum Gasteiger partial charge on any atom is -0.494 e. The van der Waals surface area contributed by atoms with Crippen LogP contribution < -0.4 is 10.3 Å². The van der Waals surface area contributed by atoms with Gasteiger partial charge in [-0.05, 0) is 89.3 Å². The van der Waals surface area contributed by atoms with E-state index in [0.717, 1.165) is 0 Å². The lowest BCUT2D eigenvalue weighted by Gasteiger charge is -2.32. The van der Waals surface area contributed by atoms with Crippen LogP contribution in [0.1, 0.15) is 40.2 Å². The number of H-pyrrole nitrogens is 1. The zero-order chi connectivity index (χ0) is 27.0. The Bertz CT molecular complexity index is 1450. The van der Waals surface area contributed by atoms with E-state index in [-0.39, 0.29) is 22.8 Å². The second-order valence-electron chi connectivity index (χ2n) is 9.93. The van der Waals surface area contributed by atoms with Gasteiger partial charge < -0.3 is 19.3 Å². The van der Waals surface area contributed by atoms with E-state index < -0.39 is 23.0 Å². The maximum Gasteiger partial charge on any atom is 0.416 e. The van der Waals surface area contributed by atoms with Gasteiger partial charge in [-0.2, -0.15) is 0 Å². The van der Waals surface area contributed by atoms with Crippen molar-refractivity contribution < 1.29 is 24.1 Å². The predicted octanol–water partition coefficient (Wildman–Crippen LogP) is 5.74. The van der Waals surface area contributed by atoms with Crippen LogP contribution in [0.25, 0.3) is 11.8 Å². The molecule has 1 aliphatic heterocycles. The molecule has 37 heavy (non-hydrogen) atoms. The van der Waals surface area contributed by atoms with Crippen molar-refractivity contribution in [1.29, 1.82) is 0 Å². The van der Waals surface area contributed by atoms with Gasteiger partial charge in [0.1, 0.15) is 28.4 Å². The number of rotatable bonds is 4. The molecule has 0 spiro atoms. The average molecular weight is 524 g/mol. The molecular formula is C27H29N3O6S. The summed E-state index contributed by atoms with van der Waals surface area (Å²) in [4.78, 5) is 29.7. The highest BCUT2D eigenvalue weighted by molar-refractivity contribution is 7.71. The molecule has 3 aromatic rings. The summed E-state index contributed by atoms with van der Waals surface area (Å²) >= 11 is 5.34. The summed E-state index contributed by atoms with van der Waals surface area (Å²) < 4.78 is 18.5. The molecule has 1 aliphatic rings. The summed E-state index contributed by atoms with van der Waals surface area (Å²) in [5, 5.41) is 11.1. The van der Waals surface area contributed by atoms with Crippen molar-refractivity contribution in [2.75, 3.05) is 6.61 Å². The van der Waals surface area contributed by atoms with Crippen LogP contribution >= 0.6 is 12.2 Å². The molecule has 2 N–H and O–H groups in total. The van der Waals surface area contributed by atoms with Crippen molar-refractivity contribution in [3.8, 4) is 23.1 Å². The summed E-state index contributed by atoms with van der Waals surface area (Å²) in [6.45, 7) is 8.75. The normalized spacial score (nSPS) is 16.1. The standard InChI is InChI=1S/C27H29N3O6S/c1-26(2,3)36-25(33)30-18(16-34-27(30,4)5)15-21-22(31)28-24(37)29(23(21)32)17-11-13-20(14-12-17)35-19-9-7-6-8-10-19/h6-15,32H,16H2,1-5H3,(H,28,31,37). The Morgan fingerprint density at radius 2 is 1.73 bits per heavy atom. The molecule has 1 amide bonds. The van der Waals surface area contributed by atoms with Crippen molar-refractivity contribution >= 4 is 24.4 Å². The van der Waals surface area contributed by atoms with E-state index in [2.05, 4.69) is 4.98 Å². The minimum atomic E-state index is -1.01. The van der Waals surface area contributed by atoms with Crippen LogP contribution in [-0.4, -0.2) is 43.6 Å². The molecule has 0 saturated carbocycles. The zero-order valence-corrected chi connectivity index (χ0v) is 22.1. The van der Waals surface area contributed by atoms with Crippen LogP contribution in [0.4, 0.5) is 4.79 Å². The third-order valence-electron chi connectivity index (χ3n) is 5.48. The molecule has 2 heterocycles. The maximum absolute atomic E-state index is 13.0. The first kappa shape index (κ1) is 26.2. The number of hydrogen-bond acceptors (Lipinski definition) is 7. The quantitative estimate of drug-likeness (QED) is 0.420. The number of aromatic nitrogens is 2. The molecule has 0 unspecified atom stereocenters. The Kier molecular flexibility index (Phi) is 6.98. The number of hydrogen-bond donors (Lipinski definition) is 2. The Morgan fingerprint density at radius 1 is 1.11 bits per heavy atom. The monoisotopic (exact) mass is 523 g/mol. The van der Waals surface area contributed by atoms with Crippen molar-refractivity contribution in [2.24, 2.45) is 0 Å². The lowest BCUT2D eigenvalue weighted by molar-refractivity contribution is -0.0566. The number of carbonyl (C=O) groups excluding carboxylic acids is 1. The number of benzene rings is 2. The summed E-state index contributed by atoms with van der Waals surface area (Å²) in [7, 11) is 0. The molecule has 2 aromatic carbocycles. The van der Waals surface area contributed by atoms with Gasteiger partial charge in [0.25, 0.3) is 5.56 Å². The molecule has 1 aromatic heterocycles. The highest BCUT2D eigenvalue weighted by Gasteiger charge is 2.43. The lowest BCUT2D eigenvalue weighted by Crippen LogP contribution is -2.45. The van der Waals surface area contributed by atoms with Gasteiger partial charge in [-0.1, -0.05) is 18.2 Å². The molecule has 0 aliphatic carbocycles. The third kappa shape index (κ3) is 5.76. The number of para-hydroxylation sites is 1. The summed E-state index contributed by atoms with van der Waals surface area (Å²) in [6, 6.07) is 16.2. The van der Waals surface area contributed by atoms with Gasteiger partial charge in [-0.15, -0.1) is 0 Å². The number of ether oxygens (including phenoxy) is 3. The molecule has 1 fully saturated rings. The molecule has 0 radical (unpaired) electrons. The zero-order valence-electron chi connectivity index (χ0n) is 21.3. The fourth-order valence-corrected chi connectivity index (χ4v) is 4.12. The van der Waals surface area contributed by atoms with E-state index in [4.69, 9.17) is 26.4 Å². The van der Waals surface area contributed by atoms with E-state index >= 15 is 0 Å². The third-order valence-corrected chi connectivity index (χ3v) is 5.77. The van der Waals surface area contributed by atoms with Gasteiger partial charge in [0.15, 0.2) is 4.77 Å². The number of carbonyl (C=O) groups is 1. The Labute approximate surface area is 219 Å². The van der Waals surface area contributed by atoms with Crippen molar-refractivity contribution in [1.82, 2.24) is 14.5 Å². The molecule has 0 bridgehead atoms. The van der Waals surface area contributed by atoms with Gasteiger partial charge in [0.05, 0.1) is 18.0 Å². The summed E-state index contributed by atoms with van der Waals surface area (Å²) in [6.07, 6.45) is 0.782. The van der Waals surface area contributed by atoms with Gasteiger partial charge >= 0.3 is 6.09 Å². The lowest BCUT2D eigenvalue weighted by atomic mass is 10.2. The van der Waals surface area contributed by atoms with Gasteiger partial charge in [0.2, 0.25) is 5.88 Å². The molecule has 10 heteroatoms. The highest BCUT2D eigenvalue weighted by Crippen LogP contribution is 2.34. The number of nitrogens with zero attached hydrogens (tertiary/aromatic N) is 2. The molecule has 1 saturated heterocycles. The van der Waals surface area contributed by atoms with E-state index in [0.29, 0.717) is 22.9 Å². The van der Waals surface area contributed by atoms with Crippen LogP contribution in [-0.2, 0) is 9.47 Å². The second kappa shape index (κ2) is 9.87. The fourth-order valence-electron chi connectivity index (χ4n) is 3.84. The topological polar surface area (TPSA) is 106 Å². The van der Waals surface area contributed by atoms with E-state index in [1.165, 1.54) is 15.5 Å². The first-order valence-electron chi connectivity index (χ1n) is 11.6. The maximum atomic E-state index is 13.0. The first-order valence-corrected chi connectivity index (χ1v) is 12.1. The minimum absolute atomic E-state index is 0.00776. The van der Waals surface area contributed by atoms with Crippen molar-refractivity contribution in [3.05, 3.63) is 81.0 Å². The van der Waals surface area contributed by atoms with Crippen LogP contribution in [0.15, 0.2) is 65.1 Å². The van der Waals surface area contributed by atoms with Crippen molar-refractivity contribution in [3.63, 3.8) is 0 Å². The number of nitrogens with one attached hydrogen (secondary N) is 1. The van der Waals surface area contributed by atoms with Crippen molar-refractivity contribution in [2.45, 2.75) is 45.9 Å².